The first kappa shape index (κ1) is 12.8. The molecule has 0 spiro atoms. The van der Waals surface area contributed by atoms with Crippen LogP contribution in [-0.2, 0) is 18.8 Å². The Morgan fingerprint density at radius 1 is 1.18 bits per heavy atom. The van der Waals surface area contributed by atoms with Crippen molar-refractivity contribution in [1.29, 1.82) is 0 Å². The third kappa shape index (κ3) is 2.99. The molecule has 1 aromatic heterocycles. The van der Waals surface area contributed by atoms with Crippen LogP contribution in [0.25, 0.3) is 0 Å². The van der Waals surface area contributed by atoms with Gasteiger partial charge in [-0.2, -0.15) is 11.8 Å². The average Bonchev–Trinajstić information content (AvgIpc) is 2.72. The van der Waals surface area contributed by atoms with Crippen LogP contribution in [0, 0.1) is 0 Å². The first-order valence-corrected chi connectivity index (χ1v) is 7.33. The summed E-state index contributed by atoms with van der Waals surface area (Å²) in [6.45, 7) is 10.7. The summed E-state index contributed by atoms with van der Waals surface area (Å²) in [4.78, 5) is 9.42. The molecule has 2 heterocycles. The number of rotatable bonds is 4. The summed E-state index contributed by atoms with van der Waals surface area (Å²) in [6, 6.07) is 0. The Bertz CT molecular complexity index is 402. The maximum absolute atomic E-state index is 4.74. The number of fused-ring (bicyclic) bond motifs is 1. The molecule has 0 aliphatic carbocycles. The topological polar surface area (TPSA) is 37.8 Å². The molecule has 1 aliphatic rings. The molecule has 0 atom stereocenters. The molecule has 2 rings (SSSR count). The molecule has 1 N–H and O–H groups in total. The zero-order chi connectivity index (χ0) is 12.4. The van der Waals surface area contributed by atoms with E-state index in [4.69, 9.17) is 4.98 Å². The van der Waals surface area contributed by atoms with E-state index in [1.807, 2.05) is 11.8 Å². The van der Waals surface area contributed by atoms with Crippen molar-refractivity contribution >= 4 is 11.8 Å². The monoisotopic (exact) mass is 251 g/mol. The second-order valence-electron chi connectivity index (χ2n) is 5.07. The normalized spacial score (nSPS) is 14.7. The fourth-order valence-electron chi connectivity index (χ4n) is 2.03. The van der Waals surface area contributed by atoms with Gasteiger partial charge < -0.3 is 5.32 Å². The van der Waals surface area contributed by atoms with Crippen LogP contribution in [0.4, 0.5) is 0 Å². The van der Waals surface area contributed by atoms with E-state index >= 15 is 0 Å². The van der Waals surface area contributed by atoms with Gasteiger partial charge in [0.1, 0.15) is 5.82 Å². The van der Waals surface area contributed by atoms with Gasteiger partial charge in [-0.15, -0.1) is 0 Å². The second-order valence-corrected chi connectivity index (χ2v) is 6.63. The van der Waals surface area contributed by atoms with Gasteiger partial charge in [-0.25, -0.2) is 9.97 Å². The van der Waals surface area contributed by atoms with Gasteiger partial charge in [0.2, 0.25) is 0 Å². The Morgan fingerprint density at radius 3 is 2.59 bits per heavy atom. The largest absolute Gasteiger partial charge is 0.307 e. The highest BCUT2D eigenvalue weighted by atomic mass is 32.2. The summed E-state index contributed by atoms with van der Waals surface area (Å²) in [5.41, 5.74) is 3.78. The quantitative estimate of drug-likeness (QED) is 0.893. The van der Waals surface area contributed by atoms with Gasteiger partial charge in [-0.3, -0.25) is 0 Å². The van der Waals surface area contributed by atoms with E-state index < -0.39 is 0 Å². The molecule has 4 heteroatoms. The molecule has 0 saturated heterocycles. The highest BCUT2D eigenvalue weighted by Gasteiger charge is 2.20. The first-order valence-electron chi connectivity index (χ1n) is 6.28. The van der Waals surface area contributed by atoms with Crippen molar-refractivity contribution in [3.63, 3.8) is 0 Å². The number of thioether (sulfide) groups is 1. The summed E-state index contributed by atoms with van der Waals surface area (Å²) >= 11 is 1.90. The predicted molar refractivity (Wildman–Crippen MR) is 73.1 cm³/mol. The average molecular weight is 251 g/mol. The smallest absolute Gasteiger partial charge is 0.138 e. The van der Waals surface area contributed by atoms with Gasteiger partial charge >= 0.3 is 0 Å². The molecule has 1 aliphatic heterocycles. The molecule has 0 fully saturated rings. The van der Waals surface area contributed by atoms with Crippen LogP contribution in [0.3, 0.4) is 0 Å². The number of nitrogens with one attached hydrogen (secondary N) is 1. The fraction of sp³-hybridized carbons (Fsp3) is 0.692. The van der Waals surface area contributed by atoms with Crippen LogP contribution in [-0.4, -0.2) is 15.2 Å². The highest BCUT2D eigenvalue weighted by molar-refractivity contribution is 7.99. The first-order chi connectivity index (χ1) is 8.08. The van der Waals surface area contributed by atoms with E-state index in [-0.39, 0.29) is 0 Å². The number of hydrogen-bond acceptors (Lipinski definition) is 4. The van der Waals surface area contributed by atoms with Crippen molar-refractivity contribution in [2.45, 2.75) is 57.7 Å². The third-order valence-corrected chi connectivity index (χ3v) is 3.95. The summed E-state index contributed by atoms with van der Waals surface area (Å²) in [5.74, 6) is 2.40. The van der Waals surface area contributed by atoms with Crippen LogP contribution in [0.15, 0.2) is 0 Å². The summed E-state index contributed by atoms with van der Waals surface area (Å²) < 4.78 is 0. The molecular formula is C13H21N3S. The van der Waals surface area contributed by atoms with E-state index in [9.17, 15) is 0 Å². The van der Waals surface area contributed by atoms with Crippen LogP contribution in [0.1, 0.15) is 56.4 Å². The maximum Gasteiger partial charge on any atom is 0.138 e. The molecule has 94 valence electrons. The molecule has 1 aromatic rings. The Kier molecular flexibility index (Phi) is 4.05. The van der Waals surface area contributed by atoms with Gasteiger partial charge in [0.25, 0.3) is 0 Å². The summed E-state index contributed by atoms with van der Waals surface area (Å²) in [5, 5.41) is 4.00. The summed E-state index contributed by atoms with van der Waals surface area (Å²) in [7, 11) is 0. The molecule has 0 aromatic carbocycles. The van der Waals surface area contributed by atoms with Crippen LogP contribution in [0.5, 0.6) is 0 Å². The fourth-order valence-corrected chi connectivity index (χ4v) is 2.64. The summed E-state index contributed by atoms with van der Waals surface area (Å²) in [6.07, 6.45) is 0. The lowest BCUT2D eigenvalue weighted by Gasteiger charge is -2.12. The minimum absolute atomic E-state index is 0.481. The van der Waals surface area contributed by atoms with Crippen molar-refractivity contribution in [2.24, 2.45) is 0 Å². The van der Waals surface area contributed by atoms with Crippen molar-refractivity contribution in [3.05, 3.63) is 22.8 Å². The van der Waals surface area contributed by atoms with Gasteiger partial charge in [-0.1, -0.05) is 27.7 Å². The minimum Gasteiger partial charge on any atom is -0.307 e. The lowest BCUT2D eigenvalue weighted by molar-refractivity contribution is 0.746. The number of nitrogens with zero attached hydrogens (tertiary/aromatic N) is 2. The maximum atomic E-state index is 4.74. The predicted octanol–water partition coefficient (Wildman–Crippen LogP) is 2.84. The molecular weight excluding hydrogens is 230 g/mol. The zero-order valence-electron chi connectivity index (χ0n) is 11.1. The van der Waals surface area contributed by atoms with Gasteiger partial charge in [0, 0.05) is 18.7 Å². The van der Waals surface area contributed by atoms with Crippen molar-refractivity contribution in [1.82, 2.24) is 15.3 Å². The number of aromatic nitrogens is 2. The molecule has 0 unspecified atom stereocenters. The van der Waals surface area contributed by atoms with Crippen LogP contribution < -0.4 is 5.32 Å². The van der Waals surface area contributed by atoms with E-state index in [0.717, 1.165) is 24.7 Å². The molecule has 17 heavy (non-hydrogen) atoms. The Morgan fingerprint density at radius 2 is 1.94 bits per heavy atom. The lowest BCUT2D eigenvalue weighted by Crippen LogP contribution is -2.07. The van der Waals surface area contributed by atoms with Gasteiger partial charge in [0.05, 0.1) is 17.1 Å². The second kappa shape index (κ2) is 5.36. The molecule has 0 amide bonds. The number of hydrogen-bond donors (Lipinski definition) is 1. The molecule has 0 bridgehead atoms. The standard InChI is InChI=1S/C13H21N3S/c1-8(2)13-10-5-14-6-11(10)15-12(16-13)7-17-9(3)4/h8-9,14H,5-7H2,1-4H3. The van der Waals surface area contributed by atoms with E-state index in [0.29, 0.717) is 11.2 Å². The third-order valence-electron chi connectivity index (χ3n) is 2.86. The van der Waals surface area contributed by atoms with E-state index in [1.54, 1.807) is 0 Å². The van der Waals surface area contributed by atoms with Crippen LogP contribution in [0.2, 0.25) is 0 Å². The van der Waals surface area contributed by atoms with E-state index in [2.05, 4.69) is 38.0 Å². The zero-order valence-corrected chi connectivity index (χ0v) is 11.9. The van der Waals surface area contributed by atoms with Crippen molar-refractivity contribution in [2.75, 3.05) is 0 Å². The Balaban J connectivity index is 2.26. The molecule has 3 nitrogen and oxygen atoms in total. The SMILES string of the molecule is CC(C)SCc1nc2c(c(C(C)C)n1)CNC2. The Hall–Kier alpha value is -0.610. The lowest BCUT2D eigenvalue weighted by atomic mass is 10.0. The minimum atomic E-state index is 0.481. The molecule has 0 saturated carbocycles. The Labute approximate surface area is 108 Å². The van der Waals surface area contributed by atoms with Gasteiger partial charge in [0.15, 0.2) is 0 Å². The van der Waals surface area contributed by atoms with Crippen molar-refractivity contribution in [3.8, 4) is 0 Å². The van der Waals surface area contributed by atoms with Crippen LogP contribution >= 0.6 is 11.8 Å². The highest BCUT2D eigenvalue weighted by Crippen LogP contribution is 2.25. The van der Waals surface area contributed by atoms with Gasteiger partial charge in [-0.05, 0) is 11.2 Å². The van der Waals surface area contributed by atoms with E-state index in [1.165, 1.54) is 17.0 Å². The molecule has 0 radical (unpaired) electrons. The van der Waals surface area contributed by atoms with Crippen molar-refractivity contribution < 1.29 is 0 Å².